The molecule has 1 atom stereocenters. The van der Waals surface area contributed by atoms with Crippen molar-refractivity contribution in [2.45, 2.75) is 18.9 Å². The van der Waals surface area contributed by atoms with Gasteiger partial charge in [-0.3, -0.25) is 0 Å². The van der Waals surface area contributed by atoms with Crippen molar-refractivity contribution in [2.75, 3.05) is 18.4 Å². The molecule has 4 heteroatoms. The van der Waals surface area contributed by atoms with Crippen LogP contribution in [0.1, 0.15) is 24.5 Å². The summed E-state index contributed by atoms with van der Waals surface area (Å²) in [6, 6.07) is 19.2. The molecule has 4 nitrogen and oxygen atoms in total. The molecule has 1 fully saturated rings. The van der Waals surface area contributed by atoms with E-state index in [0.717, 1.165) is 24.1 Å². The normalized spacial score (nSPS) is 16.8. The maximum absolute atomic E-state index is 12.3. The zero-order chi connectivity index (χ0) is 16.1. The predicted molar refractivity (Wildman–Crippen MR) is 91.2 cm³/mol. The minimum atomic E-state index is -0.449. The van der Waals surface area contributed by atoms with E-state index in [4.69, 9.17) is 0 Å². The van der Waals surface area contributed by atoms with Crippen molar-refractivity contribution in [3.63, 3.8) is 0 Å². The topological polar surface area (TPSA) is 52.6 Å². The molecule has 0 saturated carbocycles. The van der Waals surface area contributed by atoms with Gasteiger partial charge in [-0.25, -0.2) is 4.79 Å². The molecule has 2 aromatic carbocycles. The van der Waals surface area contributed by atoms with Gasteiger partial charge < -0.3 is 15.3 Å². The van der Waals surface area contributed by atoms with Gasteiger partial charge in [0.15, 0.2) is 0 Å². The second kappa shape index (κ2) is 7.29. The second-order valence-electron chi connectivity index (χ2n) is 5.98. The van der Waals surface area contributed by atoms with Crippen LogP contribution in [0.25, 0.3) is 0 Å². The summed E-state index contributed by atoms with van der Waals surface area (Å²) in [5, 5.41) is 13.4. The van der Waals surface area contributed by atoms with Gasteiger partial charge in [0.1, 0.15) is 0 Å². The highest BCUT2D eigenvalue weighted by molar-refractivity contribution is 5.89. The summed E-state index contributed by atoms with van der Waals surface area (Å²) in [6.45, 7) is 1.35. The van der Waals surface area contributed by atoms with Crippen LogP contribution in [0.3, 0.4) is 0 Å². The summed E-state index contributed by atoms with van der Waals surface area (Å²) in [5.74, 6) is 0.207. The molecule has 0 spiro atoms. The van der Waals surface area contributed by atoms with E-state index in [2.05, 4.69) is 5.32 Å². The van der Waals surface area contributed by atoms with E-state index >= 15 is 0 Å². The molecule has 0 aromatic heterocycles. The fraction of sp³-hybridized carbons (Fsp3) is 0.316. The Kier molecular flexibility index (Phi) is 4.93. The summed E-state index contributed by atoms with van der Waals surface area (Å²) in [6.07, 6.45) is 1.19. The molecule has 0 bridgehead atoms. The number of urea groups is 1. The summed E-state index contributed by atoms with van der Waals surface area (Å²) in [5.41, 5.74) is 1.77. The molecule has 2 amide bonds. The Hall–Kier alpha value is -2.33. The monoisotopic (exact) mass is 310 g/mol. The summed E-state index contributed by atoms with van der Waals surface area (Å²) in [4.78, 5) is 14.1. The third-order valence-corrected chi connectivity index (χ3v) is 4.44. The molecule has 1 heterocycles. The van der Waals surface area contributed by atoms with Crippen LogP contribution in [0.2, 0.25) is 0 Å². The fourth-order valence-electron chi connectivity index (χ4n) is 3.06. The predicted octanol–water partition coefficient (Wildman–Crippen LogP) is 3.66. The number of anilines is 1. The number of amides is 2. The van der Waals surface area contributed by atoms with Crippen molar-refractivity contribution in [3.8, 4) is 0 Å². The van der Waals surface area contributed by atoms with Gasteiger partial charge in [-0.1, -0.05) is 48.5 Å². The number of aliphatic hydroxyl groups is 1. The van der Waals surface area contributed by atoms with Gasteiger partial charge in [0, 0.05) is 18.8 Å². The molecule has 2 N–H and O–H groups in total. The maximum Gasteiger partial charge on any atom is 0.321 e. The number of hydrogen-bond donors (Lipinski definition) is 2. The van der Waals surface area contributed by atoms with Gasteiger partial charge >= 0.3 is 6.03 Å². The van der Waals surface area contributed by atoms with Crippen LogP contribution in [0.5, 0.6) is 0 Å². The van der Waals surface area contributed by atoms with Gasteiger partial charge in [-0.05, 0) is 36.5 Å². The first kappa shape index (κ1) is 15.6. The van der Waals surface area contributed by atoms with Gasteiger partial charge in [-0.2, -0.15) is 0 Å². The van der Waals surface area contributed by atoms with Crippen LogP contribution < -0.4 is 5.32 Å². The minimum Gasteiger partial charge on any atom is -0.388 e. The SMILES string of the molecule is O=C(Nc1ccccc1)N1CCC([C@H](O)c2ccccc2)CC1. The number of para-hydroxylation sites is 1. The smallest absolute Gasteiger partial charge is 0.321 e. The Morgan fingerprint density at radius 1 is 1.00 bits per heavy atom. The molecule has 0 unspecified atom stereocenters. The number of nitrogens with zero attached hydrogens (tertiary/aromatic N) is 1. The van der Waals surface area contributed by atoms with E-state index in [-0.39, 0.29) is 11.9 Å². The van der Waals surface area contributed by atoms with Crippen LogP contribution in [-0.2, 0) is 0 Å². The zero-order valence-electron chi connectivity index (χ0n) is 13.1. The Balaban J connectivity index is 1.53. The van der Waals surface area contributed by atoms with Gasteiger partial charge in [0.05, 0.1) is 6.10 Å². The minimum absolute atomic E-state index is 0.0659. The third kappa shape index (κ3) is 3.90. The molecular formula is C19H22N2O2. The molecular weight excluding hydrogens is 288 g/mol. The number of aliphatic hydroxyl groups excluding tert-OH is 1. The first-order valence-electron chi connectivity index (χ1n) is 8.08. The summed E-state index contributed by atoms with van der Waals surface area (Å²) >= 11 is 0. The van der Waals surface area contributed by atoms with Crippen LogP contribution in [-0.4, -0.2) is 29.1 Å². The Morgan fingerprint density at radius 2 is 1.57 bits per heavy atom. The van der Waals surface area contributed by atoms with E-state index in [1.807, 2.05) is 65.6 Å². The van der Waals surface area contributed by atoms with E-state index in [9.17, 15) is 9.90 Å². The largest absolute Gasteiger partial charge is 0.388 e. The summed E-state index contributed by atoms with van der Waals surface area (Å²) < 4.78 is 0. The molecule has 23 heavy (non-hydrogen) atoms. The quantitative estimate of drug-likeness (QED) is 0.909. The Bertz CT molecular complexity index is 622. The van der Waals surface area contributed by atoms with Crippen LogP contribution in [0, 0.1) is 5.92 Å². The number of piperidine rings is 1. The molecule has 3 rings (SSSR count). The molecule has 1 aliphatic heterocycles. The standard InChI is InChI=1S/C19H22N2O2/c22-18(15-7-3-1-4-8-15)16-11-13-21(14-12-16)19(23)20-17-9-5-2-6-10-17/h1-10,16,18,22H,11-14H2,(H,20,23)/t18-/m1/s1. The summed E-state index contributed by atoms with van der Waals surface area (Å²) in [7, 11) is 0. The molecule has 1 saturated heterocycles. The van der Waals surface area contributed by atoms with Crippen LogP contribution >= 0.6 is 0 Å². The number of likely N-dealkylation sites (tertiary alicyclic amines) is 1. The fourth-order valence-corrected chi connectivity index (χ4v) is 3.06. The van der Waals surface area contributed by atoms with Crippen LogP contribution in [0.4, 0.5) is 10.5 Å². The van der Waals surface area contributed by atoms with Crippen molar-refractivity contribution >= 4 is 11.7 Å². The van der Waals surface area contributed by atoms with Gasteiger partial charge in [-0.15, -0.1) is 0 Å². The van der Waals surface area contributed by atoms with E-state index < -0.39 is 6.10 Å². The number of rotatable bonds is 3. The van der Waals surface area contributed by atoms with E-state index in [0.29, 0.717) is 13.1 Å². The van der Waals surface area contributed by atoms with Gasteiger partial charge in [0.2, 0.25) is 0 Å². The lowest BCUT2D eigenvalue weighted by Crippen LogP contribution is -2.42. The average molecular weight is 310 g/mol. The number of carbonyl (C=O) groups is 1. The van der Waals surface area contributed by atoms with Crippen molar-refractivity contribution in [3.05, 3.63) is 66.2 Å². The lowest BCUT2D eigenvalue weighted by Gasteiger charge is -2.34. The second-order valence-corrected chi connectivity index (χ2v) is 5.98. The zero-order valence-corrected chi connectivity index (χ0v) is 13.1. The van der Waals surface area contributed by atoms with Gasteiger partial charge in [0.25, 0.3) is 0 Å². The Morgan fingerprint density at radius 3 is 2.17 bits per heavy atom. The highest BCUT2D eigenvalue weighted by Gasteiger charge is 2.28. The number of carbonyl (C=O) groups excluding carboxylic acids is 1. The first-order chi connectivity index (χ1) is 11.2. The van der Waals surface area contributed by atoms with Crippen molar-refractivity contribution in [1.82, 2.24) is 4.90 Å². The Labute approximate surface area is 136 Å². The average Bonchev–Trinajstić information content (AvgIpc) is 2.63. The molecule has 2 aromatic rings. The highest BCUT2D eigenvalue weighted by atomic mass is 16.3. The first-order valence-corrected chi connectivity index (χ1v) is 8.08. The van der Waals surface area contributed by atoms with Crippen molar-refractivity contribution in [2.24, 2.45) is 5.92 Å². The number of hydrogen-bond acceptors (Lipinski definition) is 2. The maximum atomic E-state index is 12.3. The van der Waals surface area contributed by atoms with E-state index in [1.54, 1.807) is 0 Å². The lowest BCUT2D eigenvalue weighted by molar-refractivity contribution is 0.0683. The molecule has 0 radical (unpaired) electrons. The molecule has 0 aliphatic carbocycles. The van der Waals surface area contributed by atoms with Crippen molar-refractivity contribution in [1.29, 1.82) is 0 Å². The number of benzene rings is 2. The van der Waals surface area contributed by atoms with E-state index in [1.165, 1.54) is 0 Å². The lowest BCUT2D eigenvalue weighted by atomic mass is 9.87. The molecule has 120 valence electrons. The molecule has 1 aliphatic rings. The third-order valence-electron chi connectivity index (χ3n) is 4.44. The van der Waals surface area contributed by atoms with Crippen LogP contribution in [0.15, 0.2) is 60.7 Å². The van der Waals surface area contributed by atoms with Crippen molar-refractivity contribution < 1.29 is 9.90 Å². The highest BCUT2D eigenvalue weighted by Crippen LogP contribution is 2.30. The number of nitrogens with one attached hydrogen (secondary N) is 1.